The van der Waals surface area contributed by atoms with Gasteiger partial charge in [0.25, 0.3) is 0 Å². The number of hydrogen-bond donors (Lipinski definition) is 2. The van der Waals surface area contributed by atoms with Gasteiger partial charge in [0.05, 0.1) is 0 Å². The maximum atomic E-state index is 13.0. The molecule has 2 heterocycles. The van der Waals surface area contributed by atoms with E-state index in [2.05, 4.69) is 10.3 Å². The summed E-state index contributed by atoms with van der Waals surface area (Å²) in [6.07, 6.45) is 3.67. The Morgan fingerprint density at radius 2 is 2.00 bits per heavy atom. The first-order chi connectivity index (χ1) is 13.0. The van der Waals surface area contributed by atoms with Crippen LogP contribution in [0, 0.1) is 0 Å². The summed E-state index contributed by atoms with van der Waals surface area (Å²) >= 11 is 0. The minimum atomic E-state index is -4.08. The topological polar surface area (TPSA) is 111 Å². The van der Waals surface area contributed by atoms with Crippen molar-refractivity contribution in [2.45, 2.75) is 17.4 Å². The molecule has 0 spiro atoms. The third-order valence-corrected chi connectivity index (χ3v) is 5.89. The fraction of sp³-hybridized carbons (Fsp3) is 0.158. The average Bonchev–Trinajstić information content (AvgIpc) is 2.67. The molecule has 1 aliphatic heterocycles. The Labute approximate surface area is 156 Å². The molecule has 2 aromatic carbocycles. The number of carbonyl (C=O) groups excluding carboxylic acids is 1. The predicted molar refractivity (Wildman–Crippen MR) is 99.6 cm³/mol. The summed E-state index contributed by atoms with van der Waals surface area (Å²) in [5.41, 5.74) is 6.76. The Kier molecular flexibility index (Phi) is 4.29. The minimum absolute atomic E-state index is 0.0698. The Hall–Kier alpha value is -2.97. The second-order valence-corrected chi connectivity index (χ2v) is 7.77. The van der Waals surface area contributed by atoms with Crippen LogP contribution in [0.4, 0.5) is 0 Å². The summed E-state index contributed by atoms with van der Waals surface area (Å²) in [6.45, 7) is 0.501. The van der Waals surface area contributed by atoms with Crippen molar-refractivity contribution >= 4 is 26.8 Å². The normalized spacial score (nSPS) is 16.7. The van der Waals surface area contributed by atoms with Gasteiger partial charge in [0.2, 0.25) is 5.91 Å². The van der Waals surface area contributed by atoms with Crippen molar-refractivity contribution in [2.75, 3.05) is 6.54 Å². The van der Waals surface area contributed by atoms with Gasteiger partial charge in [-0.1, -0.05) is 24.3 Å². The smallest absolute Gasteiger partial charge is 0.339 e. The average molecular weight is 383 g/mol. The summed E-state index contributed by atoms with van der Waals surface area (Å²) < 4.78 is 31.4. The lowest BCUT2D eigenvalue weighted by Gasteiger charge is -2.26. The number of carbonyl (C=O) groups is 1. The first-order valence-electron chi connectivity index (χ1n) is 8.39. The van der Waals surface area contributed by atoms with Crippen LogP contribution in [-0.4, -0.2) is 25.9 Å². The zero-order valence-electron chi connectivity index (χ0n) is 14.3. The van der Waals surface area contributed by atoms with Gasteiger partial charge in [-0.2, -0.15) is 8.42 Å². The number of nitrogens with two attached hydrogens (primary N) is 1. The van der Waals surface area contributed by atoms with Crippen LogP contribution in [0.15, 0.2) is 59.8 Å². The third kappa shape index (κ3) is 3.13. The highest BCUT2D eigenvalue weighted by atomic mass is 32.2. The summed E-state index contributed by atoms with van der Waals surface area (Å²) in [5.74, 6) is -0.302. The van der Waals surface area contributed by atoms with E-state index < -0.39 is 22.1 Å². The largest absolute Gasteiger partial charge is 0.379 e. The van der Waals surface area contributed by atoms with Crippen molar-refractivity contribution in [1.29, 1.82) is 0 Å². The van der Waals surface area contributed by atoms with Crippen LogP contribution >= 0.6 is 0 Å². The van der Waals surface area contributed by atoms with E-state index >= 15 is 0 Å². The van der Waals surface area contributed by atoms with Crippen LogP contribution in [-0.2, 0) is 21.3 Å². The van der Waals surface area contributed by atoms with E-state index in [4.69, 9.17) is 9.92 Å². The molecule has 8 heteroatoms. The second kappa shape index (κ2) is 6.64. The summed E-state index contributed by atoms with van der Waals surface area (Å²) in [6, 6.07) is 10.9. The molecular weight excluding hydrogens is 366 g/mol. The SMILES string of the molecule is NC(=O)C1NCCc2c(OS(=O)(=O)c3cccc4cnccc34)cccc21. The van der Waals surface area contributed by atoms with E-state index in [0.717, 1.165) is 0 Å². The number of amides is 1. The molecule has 0 saturated carbocycles. The molecule has 138 valence electrons. The van der Waals surface area contributed by atoms with E-state index in [9.17, 15) is 13.2 Å². The van der Waals surface area contributed by atoms with E-state index in [1.807, 2.05) is 0 Å². The number of primary amides is 1. The van der Waals surface area contributed by atoms with Gasteiger partial charge in [-0.3, -0.25) is 9.78 Å². The lowest BCUT2D eigenvalue weighted by molar-refractivity contribution is -0.120. The molecule has 7 nitrogen and oxygen atoms in total. The van der Waals surface area contributed by atoms with Crippen LogP contribution in [0.5, 0.6) is 5.75 Å². The highest BCUT2D eigenvalue weighted by Gasteiger charge is 2.28. The maximum absolute atomic E-state index is 13.0. The van der Waals surface area contributed by atoms with Gasteiger partial charge in [0, 0.05) is 35.3 Å². The highest BCUT2D eigenvalue weighted by Crippen LogP contribution is 2.33. The molecule has 1 amide bonds. The number of pyridine rings is 1. The van der Waals surface area contributed by atoms with Crippen LogP contribution in [0.25, 0.3) is 10.8 Å². The molecule has 0 radical (unpaired) electrons. The molecule has 0 saturated heterocycles. The van der Waals surface area contributed by atoms with E-state index in [0.29, 0.717) is 34.9 Å². The number of benzene rings is 2. The van der Waals surface area contributed by atoms with Crippen LogP contribution in [0.2, 0.25) is 0 Å². The molecule has 3 N–H and O–H groups in total. The van der Waals surface area contributed by atoms with Gasteiger partial charge in [0.15, 0.2) is 0 Å². The molecule has 27 heavy (non-hydrogen) atoms. The minimum Gasteiger partial charge on any atom is -0.379 e. The Morgan fingerprint density at radius 1 is 1.19 bits per heavy atom. The molecule has 1 unspecified atom stereocenters. The van der Waals surface area contributed by atoms with Crippen molar-refractivity contribution in [3.05, 3.63) is 66.0 Å². The molecule has 4 rings (SSSR count). The number of aromatic nitrogens is 1. The molecule has 1 atom stereocenters. The molecule has 0 bridgehead atoms. The van der Waals surface area contributed by atoms with Crippen molar-refractivity contribution in [1.82, 2.24) is 10.3 Å². The zero-order valence-corrected chi connectivity index (χ0v) is 15.1. The Bertz CT molecular complexity index is 1140. The lowest BCUT2D eigenvalue weighted by Crippen LogP contribution is -2.38. The Morgan fingerprint density at radius 3 is 2.81 bits per heavy atom. The molecule has 1 aromatic heterocycles. The monoisotopic (exact) mass is 383 g/mol. The molecule has 0 fully saturated rings. The van der Waals surface area contributed by atoms with Crippen LogP contribution in [0.1, 0.15) is 17.2 Å². The summed E-state index contributed by atoms with van der Waals surface area (Å²) in [7, 11) is -4.08. The Balaban J connectivity index is 1.78. The molecule has 0 aliphatic carbocycles. The molecular formula is C19H17N3O4S. The highest BCUT2D eigenvalue weighted by molar-refractivity contribution is 7.87. The van der Waals surface area contributed by atoms with Gasteiger partial charge in [-0.15, -0.1) is 0 Å². The van der Waals surface area contributed by atoms with E-state index in [1.165, 1.54) is 12.3 Å². The van der Waals surface area contributed by atoms with Gasteiger partial charge in [-0.05, 0) is 30.2 Å². The van der Waals surface area contributed by atoms with E-state index in [1.54, 1.807) is 42.6 Å². The fourth-order valence-electron chi connectivity index (χ4n) is 3.38. The van der Waals surface area contributed by atoms with Gasteiger partial charge >= 0.3 is 10.1 Å². The standard InChI is InChI=1S/C19H17N3O4S/c20-19(23)18-15-4-2-5-16(14(15)8-10-22-18)26-27(24,25)17-6-1-3-12-11-21-9-7-13(12)17/h1-7,9,11,18,22H,8,10H2,(H2,20,23). The van der Waals surface area contributed by atoms with Gasteiger partial charge in [0.1, 0.15) is 16.7 Å². The van der Waals surface area contributed by atoms with Crippen LogP contribution < -0.4 is 15.2 Å². The lowest BCUT2D eigenvalue weighted by atomic mass is 9.93. The van der Waals surface area contributed by atoms with E-state index in [-0.39, 0.29) is 10.6 Å². The predicted octanol–water partition coefficient (Wildman–Crippen LogP) is 1.67. The molecule has 1 aliphatic rings. The molecule has 3 aromatic rings. The number of hydrogen-bond acceptors (Lipinski definition) is 6. The van der Waals surface area contributed by atoms with Crippen molar-refractivity contribution in [2.24, 2.45) is 5.73 Å². The number of nitrogens with one attached hydrogen (secondary N) is 1. The number of nitrogens with zero attached hydrogens (tertiary/aromatic N) is 1. The first-order valence-corrected chi connectivity index (χ1v) is 9.80. The first kappa shape index (κ1) is 17.4. The van der Waals surface area contributed by atoms with Gasteiger partial charge < -0.3 is 15.2 Å². The van der Waals surface area contributed by atoms with Crippen LogP contribution in [0.3, 0.4) is 0 Å². The van der Waals surface area contributed by atoms with Gasteiger partial charge in [-0.25, -0.2) is 0 Å². The number of fused-ring (bicyclic) bond motifs is 2. The summed E-state index contributed by atoms with van der Waals surface area (Å²) in [4.78, 5) is 15.8. The van der Waals surface area contributed by atoms with Crippen molar-refractivity contribution in [3.8, 4) is 5.75 Å². The van der Waals surface area contributed by atoms with Crippen molar-refractivity contribution in [3.63, 3.8) is 0 Å². The second-order valence-electron chi connectivity index (χ2n) is 6.25. The van der Waals surface area contributed by atoms with Crippen molar-refractivity contribution < 1.29 is 17.4 Å². The summed E-state index contributed by atoms with van der Waals surface area (Å²) in [5, 5.41) is 4.27. The fourth-order valence-corrected chi connectivity index (χ4v) is 4.56. The zero-order chi connectivity index (χ0) is 19.0. The maximum Gasteiger partial charge on any atom is 0.339 e. The third-order valence-electron chi connectivity index (χ3n) is 4.60. The number of rotatable bonds is 4. The quantitative estimate of drug-likeness (QED) is 0.663.